The van der Waals surface area contributed by atoms with E-state index in [1.54, 1.807) is 24.3 Å². The molecule has 1 heterocycles. The van der Waals surface area contributed by atoms with Crippen molar-refractivity contribution < 1.29 is 14.5 Å². The van der Waals surface area contributed by atoms with E-state index in [9.17, 15) is 19.7 Å². The van der Waals surface area contributed by atoms with Crippen molar-refractivity contribution in [3.05, 3.63) is 70.3 Å². The minimum atomic E-state index is -0.490. The van der Waals surface area contributed by atoms with Gasteiger partial charge in [-0.05, 0) is 31.0 Å². The maximum absolute atomic E-state index is 12.2. The number of nitrogens with one attached hydrogen (secondary N) is 2. The highest BCUT2D eigenvalue weighted by molar-refractivity contribution is 5.94. The highest BCUT2D eigenvalue weighted by Gasteiger charge is 2.21. The number of benzene rings is 2. The highest BCUT2D eigenvalue weighted by atomic mass is 16.6. The predicted molar refractivity (Wildman–Crippen MR) is 110 cm³/mol. The first-order chi connectivity index (χ1) is 14.0. The van der Waals surface area contributed by atoms with Crippen LogP contribution in [0.2, 0.25) is 0 Å². The Bertz CT molecular complexity index is 864. The van der Waals surface area contributed by atoms with Gasteiger partial charge in [-0.2, -0.15) is 0 Å². The zero-order valence-corrected chi connectivity index (χ0v) is 16.0. The average molecular weight is 396 g/mol. The first-order valence-electron chi connectivity index (χ1n) is 9.64. The monoisotopic (exact) mass is 396 g/mol. The van der Waals surface area contributed by atoms with Gasteiger partial charge < -0.3 is 15.5 Å². The van der Waals surface area contributed by atoms with Crippen LogP contribution in [0.25, 0.3) is 0 Å². The van der Waals surface area contributed by atoms with E-state index in [-0.39, 0.29) is 23.5 Å². The van der Waals surface area contributed by atoms with Crippen molar-refractivity contribution in [3.8, 4) is 0 Å². The molecular formula is C21H24N4O4. The summed E-state index contributed by atoms with van der Waals surface area (Å²) in [6.07, 6.45) is 1.99. The topological polar surface area (TPSA) is 105 Å². The SMILES string of the molecule is O=C(CCN1CCC(NC(=O)c2ccccc2)CC1)Nc1cccc([N+](=O)[O-])c1. The summed E-state index contributed by atoms with van der Waals surface area (Å²) in [5.74, 6) is -0.231. The summed E-state index contributed by atoms with van der Waals surface area (Å²) in [6, 6.07) is 15.2. The van der Waals surface area contributed by atoms with Crippen molar-refractivity contribution >= 4 is 23.2 Å². The van der Waals surface area contributed by atoms with E-state index in [1.807, 2.05) is 18.2 Å². The van der Waals surface area contributed by atoms with E-state index < -0.39 is 4.92 Å². The third kappa shape index (κ3) is 6.11. The van der Waals surface area contributed by atoms with E-state index in [0.29, 0.717) is 24.2 Å². The van der Waals surface area contributed by atoms with Gasteiger partial charge in [0.2, 0.25) is 5.91 Å². The smallest absolute Gasteiger partial charge is 0.271 e. The zero-order chi connectivity index (χ0) is 20.6. The summed E-state index contributed by atoms with van der Waals surface area (Å²) in [5.41, 5.74) is 1.03. The van der Waals surface area contributed by atoms with Crippen LogP contribution < -0.4 is 10.6 Å². The van der Waals surface area contributed by atoms with Gasteiger partial charge in [-0.15, -0.1) is 0 Å². The molecule has 1 saturated heterocycles. The zero-order valence-electron chi connectivity index (χ0n) is 16.0. The summed E-state index contributed by atoms with van der Waals surface area (Å²) < 4.78 is 0. The molecule has 2 amide bonds. The van der Waals surface area contributed by atoms with Gasteiger partial charge in [0.15, 0.2) is 0 Å². The summed E-state index contributed by atoms with van der Waals surface area (Å²) in [4.78, 5) is 36.9. The molecule has 152 valence electrons. The Hall–Kier alpha value is -3.26. The largest absolute Gasteiger partial charge is 0.349 e. The molecule has 0 bridgehead atoms. The van der Waals surface area contributed by atoms with E-state index in [4.69, 9.17) is 0 Å². The van der Waals surface area contributed by atoms with Crippen LogP contribution in [0.1, 0.15) is 29.6 Å². The lowest BCUT2D eigenvalue weighted by Crippen LogP contribution is -2.45. The second-order valence-corrected chi connectivity index (χ2v) is 7.06. The van der Waals surface area contributed by atoms with Gasteiger partial charge >= 0.3 is 0 Å². The molecule has 0 aliphatic carbocycles. The number of hydrogen-bond acceptors (Lipinski definition) is 5. The minimum absolute atomic E-state index is 0.0533. The molecule has 29 heavy (non-hydrogen) atoms. The number of likely N-dealkylation sites (tertiary alicyclic amines) is 1. The number of anilines is 1. The van der Waals surface area contributed by atoms with Crippen LogP contribution in [0.3, 0.4) is 0 Å². The molecule has 0 radical (unpaired) electrons. The third-order valence-electron chi connectivity index (χ3n) is 4.95. The van der Waals surface area contributed by atoms with Crippen LogP contribution in [0.5, 0.6) is 0 Å². The molecule has 8 nitrogen and oxygen atoms in total. The van der Waals surface area contributed by atoms with Crippen LogP contribution in [-0.2, 0) is 4.79 Å². The molecular weight excluding hydrogens is 372 g/mol. The van der Waals surface area contributed by atoms with Gasteiger partial charge in [0.25, 0.3) is 11.6 Å². The number of non-ortho nitro benzene ring substituents is 1. The molecule has 1 aliphatic heterocycles. The van der Waals surface area contributed by atoms with Gasteiger partial charge in [-0.25, -0.2) is 0 Å². The Kier molecular flexibility index (Phi) is 6.91. The van der Waals surface area contributed by atoms with E-state index in [0.717, 1.165) is 25.9 Å². The van der Waals surface area contributed by atoms with E-state index >= 15 is 0 Å². The van der Waals surface area contributed by atoms with E-state index in [2.05, 4.69) is 15.5 Å². The van der Waals surface area contributed by atoms with E-state index in [1.165, 1.54) is 12.1 Å². The van der Waals surface area contributed by atoms with Gasteiger partial charge in [0.05, 0.1) is 4.92 Å². The molecule has 0 spiro atoms. The molecule has 8 heteroatoms. The summed E-state index contributed by atoms with van der Waals surface area (Å²) >= 11 is 0. The molecule has 2 aromatic carbocycles. The molecule has 3 rings (SSSR count). The molecule has 2 aromatic rings. The molecule has 2 N–H and O–H groups in total. The average Bonchev–Trinajstić information content (AvgIpc) is 2.74. The quantitative estimate of drug-likeness (QED) is 0.553. The Morgan fingerprint density at radius 2 is 1.79 bits per heavy atom. The predicted octanol–water partition coefficient (Wildman–Crippen LogP) is 2.82. The summed E-state index contributed by atoms with van der Waals surface area (Å²) in [6.45, 7) is 2.23. The Labute approximate surface area is 169 Å². The standard InChI is InChI=1S/C21H24N4O4/c26-20(22-18-7-4-8-19(15-18)25(28)29)11-14-24-12-9-17(10-13-24)23-21(27)16-5-2-1-3-6-16/h1-8,15,17H,9-14H2,(H,22,26)(H,23,27). The molecule has 0 aromatic heterocycles. The van der Waals surface area contributed by atoms with Gasteiger partial charge in [-0.1, -0.05) is 24.3 Å². The number of nitro groups is 1. The maximum Gasteiger partial charge on any atom is 0.271 e. The number of rotatable bonds is 7. The Balaban J connectivity index is 1.38. The minimum Gasteiger partial charge on any atom is -0.349 e. The molecule has 0 unspecified atom stereocenters. The fourth-order valence-electron chi connectivity index (χ4n) is 3.34. The molecule has 0 atom stereocenters. The number of carbonyl (C=O) groups is 2. The lowest BCUT2D eigenvalue weighted by molar-refractivity contribution is -0.384. The fraction of sp³-hybridized carbons (Fsp3) is 0.333. The first-order valence-corrected chi connectivity index (χ1v) is 9.64. The second-order valence-electron chi connectivity index (χ2n) is 7.06. The van der Waals surface area contributed by atoms with Crippen molar-refractivity contribution in [1.82, 2.24) is 10.2 Å². The van der Waals surface area contributed by atoms with Crippen molar-refractivity contribution in [2.24, 2.45) is 0 Å². The number of carbonyl (C=O) groups excluding carboxylic acids is 2. The summed E-state index contributed by atoms with van der Waals surface area (Å²) in [7, 11) is 0. The Morgan fingerprint density at radius 3 is 2.48 bits per heavy atom. The second kappa shape index (κ2) is 9.79. The number of piperidine rings is 1. The fourth-order valence-corrected chi connectivity index (χ4v) is 3.34. The van der Waals surface area contributed by atoms with Crippen molar-refractivity contribution in [1.29, 1.82) is 0 Å². The van der Waals surface area contributed by atoms with Crippen LogP contribution in [0.15, 0.2) is 54.6 Å². The molecule has 0 saturated carbocycles. The number of amides is 2. The maximum atomic E-state index is 12.2. The van der Waals surface area contributed by atoms with Crippen molar-refractivity contribution in [2.75, 3.05) is 25.0 Å². The van der Waals surface area contributed by atoms with Crippen LogP contribution in [0, 0.1) is 10.1 Å². The van der Waals surface area contributed by atoms with Gasteiger partial charge in [0.1, 0.15) is 0 Å². The van der Waals surface area contributed by atoms with Crippen molar-refractivity contribution in [2.45, 2.75) is 25.3 Å². The number of nitro benzene ring substituents is 1. The van der Waals surface area contributed by atoms with Crippen molar-refractivity contribution in [3.63, 3.8) is 0 Å². The lowest BCUT2D eigenvalue weighted by Gasteiger charge is -2.32. The molecule has 1 fully saturated rings. The summed E-state index contributed by atoms with van der Waals surface area (Å²) in [5, 5.41) is 16.6. The lowest BCUT2D eigenvalue weighted by atomic mass is 10.0. The normalized spacial score (nSPS) is 14.9. The molecule has 1 aliphatic rings. The van der Waals surface area contributed by atoms with Crippen LogP contribution in [0.4, 0.5) is 11.4 Å². The third-order valence-corrected chi connectivity index (χ3v) is 4.95. The van der Waals surface area contributed by atoms with Crippen LogP contribution >= 0.6 is 0 Å². The first kappa shape index (κ1) is 20.5. The van der Waals surface area contributed by atoms with Crippen LogP contribution in [-0.4, -0.2) is 47.3 Å². The van der Waals surface area contributed by atoms with Gasteiger partial charge in [0, 0.05) is 55.5 Å². The highest BCUT2D eigenvalue weighted by Crippen LogP contribution is 2.17. The number of hydrogen-bond donors (Lipinski definition) is 2. The number of nitrogens with zero attached hydrogens (tertiary/aromatic N) is 2. The van der Waals surface area contributed by atoms with Gasteiger partial charge in [-0.3, -0.25) is 19.7 Å². The Morgan fingerprint density at radius 1 is 1.07 bits per heavy atom.